The van der Waals surface area contributed by atoms with E-state index in [2.05, 4.69) is 5.32 Å². The van der Waals surface area contributed by atoms with Crippen molar-refractivity contribution in [1.82, 2.24) is 5.32 Å². The van der Waals surface area contributed by atoms with Crippen LogP contribution < -0.4 is 5.32 Å². The molecule has 0 spiro atoms. The zero-order chi connectivity index (χ0) is 22.6. The van der Waals surface area contributed by atoms with Gasteiger partial charge in [0.25, 0.3) is 0 Å². The van der Waals surface area contributed by atoms with Crippen LogP contribution in [0.15, 0.2) is 36.4 Å². The van der Waals surface area contributed by atoms with Gasteiger partial charge in [-0.3, -0.25) is 0 Å². The van der Waals surface area contributed by atoms with Crippen LogP contribution in [0.1, 0.15) is 46.2 Å². The molecule has 0 amide bonds. The second-order valence-electron chi connectivity index (χ2n) is 9.21. The van der Waals surface area contributed by atoms with Crippen molar-refractivity contribution in [3.05, 3.63) is 69.8 Å². The second-order valence-corrected chi connectivity index (χ2v) is 13.6. The lowest BCUT2D eigenvalue weighted by Crippen LogP contribution is -2.53. The Kier molecular flexibility index (Phi) is 7.60. The molecule has 3 rings (SSSR count). The molecule has 0 radical (unpaired) electrons. The zero-order valence-electron chi connectivity index (χ0n) is 18.4. The molecule has 0 aromatic heterocycles. The number of hydrogen-bond acceptors (Lipinski definition) is 2. The molecule has 2 aromatic carbocycles. The standard InChI is InChI=1S/C24H31F4NOSi/c1-31(2,3)30-24(23-5-4-6-29-23,21-9-17(13-25)7-18(10-21)14-26)22-11-19(15-27)8-20(12-22)16-28/h7-12,23,29H,4-6,13-16H2,1-3H3/t23-/m0/s1. The van der Waals surface area contributed by atoms with Crippen molar-refractivity contribution in [3.8, 4) is 0 Å². The molecule has 2 aromatic rings. The van der Waals surface area contributed by atoms with Crippen molar-refractivity contribution in [2.45, 2.75) is 70.8 Å². The van der Waals surface area contributed by atoms with Gasteiger partial charge >= 0.3 is 0 Å². The Bertz CT molecular complexity index is 794. The van der Waals surface area contributed by atoms with E-state index in [1.54, 1.807) is 24.3 Å². The lowest BCUT2D eigenvalue weighted by atomic mass is 9.77. The average molecular weight is 454 g/mol. The van der Waals surface area contributed by atoms with E-state index in [1.165, 1.54) is 12.1 Å². The number of benzene rings is 2. The number of rotatable bonds is 9. The van der Waals surface area contributed by atoms with Crippen LogP contribution in [0.3, 0.4) is 0 Å². The zero-order valence-corrected chi connectivity index (χ0v) is 19.4. The Labute approximate surface area is 183 Å². The van der Waals surface area contributed by atoms with Gasteiger partial charge in [0.15, 0.2) is 8.32 Å². The molecule has 0 unspecified atom stereocenters. The highest BCUT2D eigenvalue weighted by Crippen LogP contribution is 2.44. The summed E-state index contributed by atoms with van der Waals surface area (Å²) in [5, 5.41) is 3.49. The molecular formula is C24H31F4NOSi. The van der Waals surface area contributed by atoms with Crippen molar-refractivity contribution in [2.75, 3.05) is 6.54 Å². The van der Waals surface area contributed by atoms with Crippen LogP contribution in [-0.2, 0) is 36.7 Å². The third-order valence-electron chi connectivity index (χ3n) is 5.60. The topological polar surface area (TPSA) is 21.3 Å². The molecule has 170 valence electrons. The maximum Gasteiger partial charge on any atom is 0.185 e. The summed E-state index contributed by atoms with van der Waals surface area (Å²) in [5.41, 5.74) is 1.58. The summed E-state index contributed by atoms with van der Waals surface area (Å²) in [4.78, 5) is 0. The third-order valence-corrected chi connectivity index (χ3v) is 6.53. The smallest absolute Gasteiger partial charge is 0.185 e. The van der Waals surface area contributed by atoms with Crippen LogP contribution in [0, 0.1) is 0 Å². The maximum absolute atomic E-state index is 13.7. The molecule has 0 aliphatic carbocycles. The van der Waals surface area contributed by atoms with Crippen molar-refractivity contribution in [3.63, 3.8) is 0 Å². The summed E-state index contributed by atoms with van der Waals surface area (Å²) in [5.74, 6) is 0. The average Bonchev–Trinajstić information content (AvgIpc) is 3.31. The lowest BCUT2D eigenvalue weighted by Gasteiger charge is -2.45. The Hall–Kier alpha value is -1.70. The summed E-state index contributed by atoms with van der Waals surface area (Å²) in [7, 11) is -2.25. The Morgan fingerprint density at radius 3 is 1.52 bits per heavy atom. The van der Waals surface area contributed by atoms with Crippen LogP contribution in [0.2, 0.25) is 19.6 Å². The normalized spacial score (nSPS) is 17.3. The van der Waals surface area contributed by atoms with E-state index in [4.69, 9.17) is 4.43 Å². The first kappa shape index (κ1) is 23.9. The molecule has 1 heterocycles. The van der Waals surface area contributed by atoms with Crippen LogP contribution in [0.5, 0.6) is 0 Å². The highest BCUT2D eigenvalue weighted by atomic mass is 28.4. The number of alkyl halides is 4. The Balaban J connectivity index is 2.37. The van der Waals surface area contributed by atoms with Gasteiger partial charge in [-0.1, -0.05) is 12.1 Å². The van der Waals surface area contributed by atoms with Gasteiger partial charge in [-0.15, -0.1) is 0 Å². The fraction of sp³-hybridized carbons (Fsp3) is 0.500. The highest BCUT2D eigenvalue weighted by molar-refractivity contribution is 6.69. The lowest BCUT2D eigenvalue weighted by molar-refractivity contribution is 0.0635. The summed E-state index contributed by atoms with van der Waals surface area (Å²) >= 11 is 0. The minimum atomic E-state index is -2.25. The molecule has 1 saturated heterocycles. The quantitative estimate of drug-likeness (QED) is 0.350. The van der Waals surface area contributed by atoms with Gasteiger partial charge in [-0.2, -0.15) is 0 Å². The van der Waals surface area contributed by atoms with E-state index in [1.807, 2.05) is 19.6 Å². The van der Waals surface area contributed by atoms with Gasteiger partial charge < -0.3 is 9.74 Å². The van der Waals surface area contributed by atoms with Crippen LogP contribution in [0.25, 0.3) is 0 Å². The molecule has 7 heteroatoms. The number of nitrogens with one attached hydrogen (secondary N) is 1. The highest BCUT2D eigenvalue weighted by Gasteiger charge is 2.47. The molecule has 0 bridgehead atoms. The maximum atomic E-state index is 13.7. The van der Waals surface area contributed by atoms with Gasteiger partial charge in [-0.25, -0.2) is 17.6 Å². The molecule has 1 aliphatic heterocycles. The first-order chi connectivity index (χ1) is 14.8. The molecule has 1 fully saturated rings. The van der Waals surface area contributed by atoms with Gasteiger partial charge in [-0.05, 0) is 96.7 Å². The van der Waals surface area contributed by atoms with Crippen molar-refractivity contribution in [1.29, 1.82) is 0 Å². The first-order valence-electron chi connectivity index (χ1n) is 10.7. The third kappa shape index (κ3) is 5.21. The summed E-state index contributed by atoms with van der Waals surface area (Å²) in [6.07, 6.45) is 1.69. The van der Waals surface area contributed by atoms with E-state index in [9.17, 15) is 17.6 Å². The molecule has 1 atom stereocenters. The predicted molar refractivity (Wildman–Crippen MR) is 118 cm³/mol. The van der Waals surface area contributed by atoms with E-state index in [-0.39, 0.29) is 6.04 Å². The Morgan fingerprint density at radius 2 is 1.23 bits per heavy atom. The fourth-order valence-corrected chi connectivity index (χ4v) is 5.88. The summed E-state index contributed by atoms with van der Waals surface area (Å²) in [6.45, 7) is 3.97. The minimum absolute atomic E-state index is 0.191. The summed E-state index contributed by atoms with van der Waals surface area (Å²) < 4.78 is 61.6. The van der Waals surface area contributed by atoms with Gasteiger partial charge in [0.2, 0.25) is 0 Å². The van der Waals surface area contributed by atoms with E-state index in [0.717, 1.165) is 19.4 Å². The second kappa shape index (κ2) is 9.84. The van der Waals surface area contributed by atoms with Crippen molar-refractivity contribution < 1.29 is 22.0 Å². The Morgan fingerprint density at radius 1 is 0.806 bits per heavy atom. The minimum Gasteiger partial charge on any atom is -0.403 e. The largest absolute Gasteiger partial charge is 0.403 e. The fourth-order valence-electron chi connectivity index (χ4n) is 4.54. The monoisotopic (exact) mass is 453 g/mol. The molecule has 31 heavy (non-hydrogen) atoms. The van der Waals surface area contributed by atoms with Crippen molar-refractivity contribution in [2.24, 2.45) is 0 Å². The van der Waals surface area contributed by atoms with Crippen LogP contribution >= 0.6 is 0 Å². The number of halogens is 4. The van der Waals surface area contributed by atoms with E-state index in [0.29, 0.717) is 33.4 Å². The summed E-state index contributed by atoms with van der Waals surface area (Å²) in [6, 6.07) is 9.65. The molecule has 1 aliphatic rings. The van der Waals surface area contributed by atoms with Crippen molar-refractivity contribution >= 4 is 8.32 Å². The van der Waals surface area contributed by atoms with Crippen LogP contribution in [0.4, 0.5) is 17.6 Å². The first-order valence-corrected chi connectivity index (χ1v) is 14.1. The predicted octanol–water partition coefficient (Wildman–Crippen LogP) is 6.41. The SMILES string of the molecule is C[Si](C)(C)OC(c1cc(CF)cc(CF)c1)(c1cc(CF)cc(CF)c1)[C@@H]1CCCN1. The van der Waals surface area contributed by atoms with E-state index >= 15 is 0 Å². The van der Waals surface area contributed by atoms with Gasteiger partial charge in [0.1, 0.15) is 32.3 Å². The van der Waals surface area contributed by atoms with Gasteiger partial charge in [0, 0.05) is 6.04 Å². The molecule has 1 N–H and O–H groups in total. The molecule has 2 nitrogen and oxygen atoms in total. The van der Waals surface area contributed by atoms with Gasteiger partial charge in [0.05, 0.1) is 0 Å². The van der Waals surface area contributed by atoms with E-state index < -0.39 is 40.6 Å². The van der Waals surface area contributed by atoms with Crippen LogP contribution in [-0.4, -0.2) is 20.9 Å². The molecular weight excluding hydrogens is 422 g/mol. The number of hydrogen-bond donors (Lipinski definition) is 1. The molecule has 0 saturated carbocycles.